The molecule has 0 heterocycles. The number of carboxylic acids is 1. The van der Waals surface area contributed by atoms with Gasteiger partial charge >= 0.3 is 5.97 Å². The van der Waals surface area contributed by atoms with Crippen molar-refractivity contribution in [2.75, 3.05) is 0 Å². The second-order valence-corrected chi connectivity index (χ2v) is 4.80. The molecule has 1 aliphatic rings. The first-order valence-electron chi connectivity index (χ1n) is 6.09. The van der Waals surface area contributed by atoms with Crippen LogP contribution in [-0.4, -0.2) is 11.1 Å². The van der Waals surface area contributed by atoms with Crippen LogP contribution in [0, 0.1) is 5.92 Å². The number of aliphatic carboxylic acids is 1. The van der Waals surface area contributed by atoms with Gasteiger partial charge in [-0.2, -0.15) is 0 Å². The topological polar surface area (TPSA) is 37.3 Å². The lowest BCUT2D eigenvalue weighted by Crippen LogP contribution is -2.16. The first-order valence-corrected chi connectivity index (χ1v) is 6.09. The van der Waals surface area contributed by atoms with Crippen molar-refractivity contribution in [3.63, 3.8) is 0 Å². The molecule has 1 atom stereocenters. The van der Waals surface area contributed by atoms with Crippen molar-refractivity contribution in [1.82, 2.24) is 0 Å². The molecule has 0 bridgehead atoms. The largest absolute Gasteiger partial charge is 0.481 e. The third-order valence-electron chi connectivity index (χ3n) is 3.84. The van der Waals surface area contributed by atoms with Gasteiger partial charge < -0.3 is 5.11 Å². The van der Waals surface area contributed by atoms with Gasteiger partial charge in [0.15, 0.2) is 0 Å². The fourth-order valence-electron chi connectivity index (χ4n) is 2.84. The predicted molar refractivity (Wildman–Crippen MR) is 69.4 cm³/mol. The third-order valence-corrected chi connectivity index (χ3v) is 3.84. The second-order valence-electron chi connectivity index (χ2n) is 4.80. The lowest BCUT2D eigenvalue weighted by Gasteiger charge is -2.17. The van der Waals surface area contributed by atoms with Crippen LogP contribution in [0.25, 0.3) is 0 Å². The van der Waals surface area contributed by atoms with E-state index < -0.39 is 5.97 Å². The van der Waals surface area contributed by atoms with E-state index in [-0.39, 0.29) is 11.3 Å². The molecule has 0 amide bonds. The normalized spacial score (nSPS) is 20.3. The average Bonchev–Trinajstić information content (AvgIpc) is 3.18. The Morgan fingerprint density at radius 1 is 0.944 bits per heavy atom. The fourth-order valence-corrected chi connectivity index (χ4v) is 2.84. The number of rotatable bonds is 3. The molecule has 3 rings (SSSR count). The summed E-state index contributed by atoms with van der Waals surface area (Å²) in [6.07, 6.45) is 0.691. The zero-order valence-corrected chi connectivity index (χ0v) is 9.91. The maximum absolute atomic E-state index is 11.3. The molecule has 1 aliphatic carbocycles. The standard InChI is InChI=1S/C16H14O2/c17-15(18)14-11-16(14,12-7-3-1-4-8-12)13-9-5-2-6-10-13/h1-10,14H,11H2,(H,17,18)/t14-/m1/s1. The van der Waals surface area contributed by atoms with Crippen LogP contribution in [0.15, 0.2) is 60.7 Å². The van der Waals surface area contributed by atoms with Gasteiger partial charge in [-0.1, -0.05) is 60.7 Å². The Morgan fingerprint density at radius 3 is 1.72 bits per heavy atom. The number of hydrogen-bond donors (Lipinski definition) is 1. The molecule has 0 unspecified atom stereocenters. The fraction of sp³-hybridized carbons (Fsp3) is 0.188. The van der Waals surface area contributed by atoms with Gasteiger partial charge in [-0.15, -0.1) is 0 Å². The van der Waals surface area contributed by atoms with Gasteiger partial charge in [-0.3, -0.25) is 4.79 Å². The molecule has 2 aromatic carbocycles. The third kappa shape index (κ3) is 1.53. The second kappa shape index (κ2) is 3.98. The van der Waals surface area contributed by atoms with Crippen molar-refractivity contribution in [3.05, 3.63) is 71.8 Å². The van der Waals surface area contributed by atoms with E-state index in [4.69, 9.17) is 0 Å². The summed E-state index contributed by atoms with van der Waals surface area (Å²) in [5, 5.41) is 9.31. The molecule has 0 saturated heterocycles. The highest BCUT2D eigenvalue weighted by atomic mass is 16.4. The van der Waals surface area contributed by atoms with Crippen LogP contribution < -0.4 is 0 Å². The lowest BCUT2D eigenvalue weighted by atomic mass is 9.86. The van der Waals surface area contributed by atoms with Crippen molar-refractivity contribution in [1.29, 1.82) is 0 Å². The molecule has 1 saturated carbocycles. The van der Waals surface area contributed by atoms with Gasteiger partial charge in [0.2, 0.25) is 0 Å². The quantitative estimate of drug-likeness (QED) is 0.892. The highest BCUT2D eigenvalue weighted by molar-refractivity contribution is 5.79. The smallest absolute Gasteiger partial charge is 0.307 e. The van der Waals surface area contributed by atoms with Crippen LogP contribution >= 0.6 is 0 Å². The molecule has 0 aromatic heterocycles. The van der Waals surface area contributed by atoms with E-state index in [1.807, 2.05) is 60.7 Å². The number of benzene rings is 2. The van der Waals surface area contributed by atoms with Crippen LogP contribution in [0.5, 0.6) is 0 Å². The average molecular weight is 238 g/mol. The molecule has 1 N–H and O–H groups in total. The number of carbonyl (C=O) groups is 1. The van der Waals surface area contributed by atoms with E-state index in [9.17, 15) is 9.90 Å². The Morgan fingerprint density at radius 2 is 1.39 bits per heavy atom. The summed E-state index contributed by atoms with van der Waals surface area (Å²) < 4.78 is 0. The Bertz CT molecular complexity index is 521. The summed E-state index contributed by atoms with van der Waals surface area (Å²) in [5.74, 6) is -1.01. The van der Waals surface area contributed by atoms with Gasteiger partial charge in [0.25, 0.3) is 0 Å². The molecule has 0 spiro atoms. The van der Waals surface area contributed by atoms with Crippen molar-refractivity contribution in [3.8, 4) is 0 Å². The van der Waals surface area contributed by atoms with E-state index >= 15 is 0 Å². The summed E-state index contributed by atoms with van der Waals surface area (Å²) in [6, 6.07) is 19.9. The van der Waals surface area contributed by atoms with Crippen molar-refractivity contribution >= 4 is 5.97 Å². The monoisotopic (exact) mass is 238 g/mol. The maximum atomic E-state index is 11.3. The predicted octanol–water partition coefficient (Wildman–Crippen LogP) is 3.08. The first kappa shape index (κ1) is 11.0. The van der Waals surface area contributed by atoms with Crippen LogP contribution in [0.1, 0.15) is 17.5 Å². The SMILES string of the molecule is O=C(O)[C@H]1CC1(c1ccccc1)c1ccccc1. The Labute approximate surface area is 106 Å². The van der Waals surface area contributed by atoms with Crippen molar-refractivity contribution < 1.29 is 9.90 Å². The summed E-state index contributed by atoms with van der Waals surface area (Å²) >= 11 is 0. The minimum Gasteiger partial charge on any atom is -0.481 e. The maximum Gasteiger partial charge on any atom is 0.307 e. The molecular weight excluding hydrogens is 224 g/mol. The van der Waals surface area contributed by atoms with E-state index in [0.717, 1.165) is 11.1 Å². The Balaban J connectivity index is 2.11. The molecule has 0 aliphatic heterocycles. The molecule has 2 aromatic rings. The summed E-state index contributed by atoms with van der Waals surface area (Å²) in [7, 11) is 0. The van der Waals surface area contributed by atoms with E-state index in [1.54, 1.807) is 0 Å². The van der Waals surface area contributed by atoms with Gasteiger partial charge in [0.05, 0.1) is 5.92 Å². The first-order chi connectivity index (χ1) is 8.75. The molecule has 90 valence electrons. The minimum atomic E-state index is -0.706. The van der Waals surface area contributed by atoms with Crippen LogP contribution in [-0.2, 0) is 10.2 Å². The van der Waals surface area contributed by atoms with Crippen LogP contribution in [0.2, 0.25) is 0 Å². The summed E-state index contributed by atoms with van der Waals surface area (Å²) in [5.41, 5.74) is 1.88. The van der Waals surface area contributed by atoms with Crippen LogP contribution in [0.3, 0.4) is 0 Å². The van der Waals surface area contributed by atoms with E-state index in [0.29, 0.717) is 6.42 Å². The molecule has 0 radical (unpaired) electrons. The number of carboxylic acid groups (broad SMARTS) is 1. The highest BCUT2D eigenvalue weighted by Crippen LogP contribution is 2.58. The minimum absolute atomic E-state index is 0.303. The summed E-state index contributed by atoms with van der Waals surface area (Å²) in [4.78, 5) is 11.3. The van der Waals surface area contributed by atoms with E-state index in [2.05, 4.69) is 0 Å². The van der Waals surface area contributed by atoms with Gasteiger partial charge in [0.1, 0.15) is 0 Å². The summed E-state index contributed by atoms with van der Waals surface area (Å²) in [6.45, 7) is 0. The number of hydrogen-bond acceptors (Lipinski definition) is 1. The Hall–Kier alpha value is -2.09. The zero-order chi connectivity index (χ0) is 12.6. The molecule has 18 heavy (non-hydrogen) atoms. The van der Waals surface area contributed by atoms with Gasteiger partial charge in [0, 0.05) is 5.41 Å². The molecule has 2 heteroatoms. The van der Waals surface area contributed by atoms with E-state index in [1.165, 1.54) is 0 Å². The zero-order valence-electron chi connectivity index (χ0n) is 9.91. The van der Waals surface area contributed by atoms with Gasteiger partial charge in [-0.25, -0.2) is 0 Å². The highest BCUT2D eigenvalue weighted by Gasteiger charge is 2.60. The molecule has 2 nitrogen and oxygen atoms in total. The molecular formula is C16H14O2. The van der Waals surface area contributed by atoms with Gasteiger partial charge in [-0.05, 0) is 17.5 Å². The van der Waals surface area contributed by atoms with Crippen molar-refractivity contribution in [2.45, 2.75) is 11.8 Å². The lowest BCUT2D eigenvalue weighted by molar-refractivity contribution is -0.138. The Kier molecular flexibility index (Phi) is 2.44. The van der Waals surface area contributed by atoms with Crippen LogP contribution in [0.4, 0.5) is 0 Å². The molecule has 1 fully saturated rings. The van der Waals surface area contributed by atoms with Crippen molar-refractivity contribution in [2.24, 2.45) is 5.92 Å².